The predicted octanol–water partition coefficient (Wildman–Crippen LogP) is 5.58. The Morgan fingerprint density at radius 2 is 1.50 bits per heavy atom. The second kappa shape index (κ2) is 13.1. The van der Waals surface area contributed by atoms with Crippen molar-refractivity contribution in [2.24, 2.45) is 0 Å². The highest BCUT2D eigenvalue weighted by Crippen LogP contribution is 2.39. The van der Waals surface area contributed by atoms with Crippen molar-refractivity contribution in [2.75, 3.05) is 4.90 Å². The molecule has 0 bridgehead atoms. The summed E-state index contributed by atoms with van der Waals surface area (Å²) in [6, 6.07) is 29.0. The Morgan fingerprint density at radius 3 is 2.09 bits per heavy atom. The summed E-state index contributed by atoms with van der Waals surface area (Å²) in [6.45, 7) is 3.20. The number of halogens is 1. The normalized spacial score (nSPS) is 16.9. The van der Waals surface area contributed by atoms with Crippen molar-refractivity contribution < 1.29 is 24.3 Å². The molecule has 4 aromatic carbocycles. The van der Waals surface area contributed by atoms with Gasteiger partial charge in [-0.2, -0.15) is 0 Å². The van der Waals surface area contributed by atoms with Gasteiger partial charge in [-0.15, -0.1) is 0 Å². The van der Waals surface area contributed by atoms with E-state index in [1.807, 2.05) is 60.7 Å². The number of carboxylic acids is 1. The molecule has 1 heterocycles. The largest absolute Gasteiger partial charge is 0.480 e. The van der Waals surface area contributed by atoms with Crippen LogP contribution in [0.2, 0.25) is 5.02 Å². The highest BCUT2D eigenvalue weighted by Gasteiger charge is 2.48. The minimum atomic E-state index is -1.21. The van der Waals surface area contributed by atoms with Gasteiger partial charge in [0.15, 0.2) is 0 Å². The fourth-order valence-corrected chi connectivity index (χ4v) is 6.00. The molecule has 1 aliphatic heterocycles. The van der Waals surface area contributed by atoms with Gasteiger partial charge in [-0.05, 0) is 47.4 Å². The molecule has 0 aliphatic carbocycles. The van der Waals surface area contributed by atoms with Crippen LogP contribution in [0, 0.1) is 6.92 Å². The molecule has 1 saturated heterocycles. The smallest absolute Gasteiger partial charge is 0.326 e. The summed E-state index contributed by atoms with van der Waals surface area (Å²) in [5, 5.41) is 12.7. The van der Waals surface area contributed by atoms with Crippen LogP contribution >= 0.6 is 11.6 Å². The molecule has 2 N–H and O–H groups in total. The zero-order chi connectivity index (χ0) is 31.4. The molecule has 0 radical (unpaired) electrons. The molecule has 3 amide bonds. The van der Waals surface area contributed by atoms with Crippen LogP contribution < -0.4 is 10.2 Å². The highest BCUT2D eigenvalue weighted by atomic mass is 35.5. The Hall–Kier alpha value is -4.95. The molecule has 0 spiro atoms. The quantitative estimate of drug-likeness (QED) is 0.258. The van der Waals surface area contributed by atoms with E-state index in [4.69, 9.17) is 11.6 Å². The molecular formula is C35H32ClN3O5. The number of rotatable bonds is 9. The number of carbonyl (C=O) groups is 4. The summed E-state index contributed by atoms with van der Waals surface area (Å²) in [5.41, 5.74) is 3.81. The van der Waals surface area contributed by atoms with Gasteiger partial charge in [-0.25, -0.2) is 4.79 Å². The lowest BCUT2D eigenvalue weighted by Gasteiger charge is -2.31. The van der Waals surface area contributed by atoms with Crippen LogP contribution in [0.5, 0.6) is 0 Å². The molecule has 0 aromatic heterocycles. The van der Waals surface area contributed by atoms with Gasteiger partial charge in [0.05, 0.1) is 10.6 Å². The van der Waals surface area contributed by atoms with Crippen molar-refractivity contribution in [1.82, 2.24) is 10.2 Å². The topological polar surface area (TPSA) is 107 Å². The average molecular weight is 610 g/mol. The second-order valence-corrected chi connectivity index (χ2v) is 11.2. The molecule has 0 saturated carbocycles. The fourth-order valence-electron chi connectivity index (χ4n) is 5.69. The van der Waals surface area contributed by atoms with Gasteiger partial charge in [0.25, 0.3) is 11.8 Å². The summed E-state index contributed by atoms with van der Waals surface area (Å²) >= 11 is 6.22. The molecule has 3 unspecified atom stereocenters. The van der Waals surface area contributed by atoms with Gasteiger partial charge in [0.2, 0.25) is 5.91 Å². The van der Waals surface area contributed by atoms with Gasteiger partial charge < -0.3 is 15.3 Å². The van der Waals surface area contributed by atoms with Gasteiger partial charge in [-0.3, -0.25) is 19.3 Å². The molecule has 1 fully saturated rings. The first-order chi connectivity index (χ1) is 21.2. The van der Waals surface area contributed by atoms with E-state index in [2.05, 4.69) is 5.32 Å². The van der Waals surface area contributed by atoms with E-state index in [-0.39, 0.29) is 28.8 Å². The van der Waals surface area contributed by atoms with Crippen molar-refractivity contribution >= 4 is 41.0 Å². The first kappa shape index (κ1) is 30.5. The molecule has 3 atom stereocenters. The standard InChI is InChI=1S/C35H32ClN3O5/c1-22-10-9-15-28(36)31(22)32(41)37-29(35(43)44)20-25-16-18-27(19-17-25)39-33(26-13-7-4-8-14-26)38(23(2)40)30(34(39)42)21-24-11-5-3-6-12-24/h3-19,29-30,33H,20-21H2,1-2H3,(H,37,41)(H,43,44). The van der Waals surface area contributed by atoms with Crippen molar-refractivity contribution in [3.63, 3.8) is 0 Å². The molecule has 5 rings (SSSR count). The van der Waals surface area contributed by atoms with E-state index in [0.717, 1.165) is 11.1 Å². The molecule has 1 aliphatic rings. The van der Waals surface area contributed by atoms with Gasteiger partial charge >= 0.3 is 5.97 Å². The number of amides is 3. The minimum absolute atomic E-state index is 0.0110. The van der Waals surface area contributed by atoms with Crippen molar-refractivity contribution in [3.05, 3.63) is 136 Å². The first-order valence-corrected chi connectivity index (χ1v) is 14.6. The van der Waals surface area contributed by atoms with Crippen LogP contribution in [0.1, 0.15) is 45.7 Å². The van der Waals surface area contributed by atoms with Crippen molar-refractivity contribution in [3.8, 4) is 0 Å². The van der Waals surface area contributed by atoms with Crippen LogP contribution in [0.3, 0.4) is 0 Å². The number of carbonyl (C=O) groups excluding carboxylic acids is 3. The summed E-state index contributed by atoms with van der Waals surface area (Å²) in [4.78, 5) is 55.4. The Balaban J connectivity index is 1.43. The van der Waals surface area contributed by atoms with Gasteiger partial charge in [0.1, 0.15) is 18.2 Å². The number of nitrogens with zero attached hydrogens (tertiary/aromatic N) is 2. The van der Waals surface area contributed by atoms with Crippen LogP contribution in [0.15, 0.2) is 103 Å². The van der Waals surface area contributed by atoms with E-state index in [9.17, 15) is 24.3 Å². The number of nitrogens with one attached hydrogen (secondary N) is 1. The maximum Gasteiger partial charge on any atom is 0.326 e. The molecule has 8 nitrogen and oxygen atoms in total. The van der Waals surface area contributed by atoms with Crippen LogP contribution in [-0.4, -0.2) is 45.8 Å². The number of anilines is 1. The molecular weight excluding hydrogens is 578 g/mol. The second-order valence-electron chi connectivity index (χ2n) is 10.8. The van der Waals surface area contributed by atoms with Gasteiger partial charge in [0, 0.05) is 25.5 Å². The highest BCUT2D eigenvalue weighted by molar-refractivity contribution is 6.34. The van der Waals surface area contributed by atoms with E-state index in [1.165, 1.54) is 6.92 Å². The Morgan fingerprint density at radius 1 is 0.864 bits per heavy atom. The molecule has 44 heavy (non-hydrogen) atoms. The third-order valence-electron chi connectivity index (χ3n) is 7.81. The van der Waals surface area contributed by atoms with E-state index < -0.39 is 30.1 Å². The lowest BCUT2D eigenvalue weighted by Crippen LogP contribution is -2.42. The third kappa shape index (κ3) is 6.35. The molecule has 4 aromatic rings. The minimum Gasteiger partial charge on any atom is -0.480 e. The Bertz CT molecular complexity index is 1660. The van der Waals surface area contributed by atoms with Crippen LogP contribution in [0.25, 0.3) is 0 Å². The SMILES string of the molecule is CC(=O)N1C(Cc2ccccc2)C(=O)N(c2ccc(CC(NC(=O)c3c(C)cccc3Cl)C(=O)O)cc2)C1c1ccccc1. The van der Waals surface area contributed by atoms with Crippen molar-refractivity contribution in [1.29, 1.82) is 0 Å². The molecule has 224 valence electrons. The lowest BCUT2D eigenvalue weighted by molar-refractivity contribution is -0.139. The summed E-state index contributed by atoms with van der Waals surface area (Å²) in [5.74, 6) is -2.19. The monoisotopic (exact) mass is 609 g/mol. The van der Waals surface area contributed by atoms with E-state index in [0.29, 0.717) is 23.2 Å². The zero-order valence-electron chi connectivity index (χ0n) is 24.3. The van der Waals surface area contributed by atoms with E-state index >= 15 is 0 Å². The number of hydrogen-bond acceptors (Lipinski definition) is 4. The summed E-state index contributed by atoms with van der Waals surface area (Å²) in [6.07, 6.45) is -0.287. The van der Waals surface area contributed by atoms with Gasteiger partial charge in [-0.1, -0.05) is 96.5 Å². The number of benzene rings is 4. The lowest BCUT2D eigenvalue weighted by atomic mass is 10.0. The number of aryl methyl sites for hydroxylation is 1. The number of aliphatic carboxylic acids is 1. The zero-order valence-corrected chi connectivity index (χ0v) is 25.1. The number of hydrogen-bond donors (Lipinski definition) is 2. The predicted molar refractivity (Wildman–Crippen MR) is 168 cm³/mol. The first-order valence-electron chi connectivity index (χ1n) is 14.2. The average Bonchev–Trinajstić information content (AvgIpc) is 3.29. The Kier molecular flexibility index (Phi) is 9.11. The van der Waals surface area contributed by atoms with Crippen molar-refractivity contribution in [2.45, 2.75) is 44.9 Å². The maximum atomic E-state index is 14.1. The maximum absolute atomic E-state index is 14.1. The van der Waals surface area contributed by atoms with Crippen LogP contribution in [-0.2, 0) is 27.2 Å². The summed E-state index contributed by atoms with van der Waals surface area (Å²) in [7, 11) is 0. The third-order valence-corrected chi connectivity index (χ3v) is 8.12. The van der Waals surface area contributed by atoms with E-state index in [1.54, 1.807) is 59.2 Å². The molecule has 9 heteroatoms. The number of carboxylic acid groups (broad SMARTS) is 1. The fraction of sp³-hybridized carbons (Fsp3) is 0.200. The summed E-state index contributed by atoms with van der Waals surface area (Å²) < 4.78 is 0. The van der Waals surface area contributed by atoms with Crippen LogP contribution in [0.4, 0.5) is 5.69 Å². The Labute approximate surface area is 260 Å².